The summed E-state index contributed by atoms with van der Waals surface area (Å²) in [6.45, 7) is 2.03. The lowest BCUT2D eigenvalue weighted by Gasteiger charge is -2.17. The van der Waals surface area contributed by atoms with Crippen molar-refractivity contribution in [3.05, 3.63) is 58.3 Å². The highest BCUT2D eigenvalue weighted by molar-refractivity contribution is 8.01. The van der Waals surface area contributed by atoms with Gasteiger partial charge in [-0.25, -0.2) is 0 Å². The molecule has 2 aromatic heterocycles. The zero-order chi connectivity index (χ0) is 19.1. The summed E-state index contributed by atoms with van der Waals surface area (Å²) in [5.74, 6) is 0.310. The number of benzene rings is 1. The lowest BCUT2D eigenvalue weighted by atomic mass is 10.1. The second-order valence-corrected chi connectivity index (χ2v) is 8.92. The van der Waals surface area contributed by atoms with Gasteiger partial charge in [-0.1, -0.05) is 66.4 Å². The summed E-state index contributed by atoms with van der Waals surface area (Å²) in [4.78, 5) is 25.8. The van der Waals surface area contributed by atoms with Crippen LogP contribution >= 0.6 is 34.4 Å². The Balaban J connectivity index is 1.72. The van der Waals surface area contributed by atoms with Crippen molar-refractivity contribution in [2.75, 3.05) is 11.1 Å². The van der Waals surface area contributed by atoms with Gasteiger partial charge in [-0.3, -0.25) is 14.9 Å². The molecule has 3 rings (SSSR count). The number of aromatic nitrogens is 2. The average molecular weight is 419 g/mol. The summed E-state index contributed by atoms with van der Waals surface area (Å²) >= 11 is 4.23. The maximum Gasteiger partial charge on any atom is 0.262 e. The number of rotatable bonds is 8. The van der Waals surface area contributed by atoms with E-state index in [1.54, 1.807) is 23.9 Å². The predicted octanol–water partition coefficient (Wildman–Crippen LogP) is 3.69. The summed E-state index contributed by atoms with van der Waals surface area (Å²) in [5, 5.41) is 15.9. The number of anilines is 1. The van der Waals surface area contributed by atoms with Crippen LogP contribution in [0.2, 0.25) is 0 Å². The van der Waals surface area contributed by atoms with Crippen LogP contribution in [0.25, 0.3) is 0 Å². The van der Waals surface area contributed by atoms with Crippen LogP contribution in [-0.2, 0) is 11.2 Å². The number of amides is 2. The van der Waals surface area contributed by atoms with E-state index >= 15 is 0 Å². The van der Waals surface area contributed by atoms with Gasteiger partial charge in [0, 0.05) is 6.42 Å². The van der Waals surface area contributed by atoms with E-state index in [0.717, 1.165) is 15.7 Å². The number of carbonyl (C=O) groups is 2. The normalized spacial score (nSPS) is 11.7. The van der Waals surface area contributed by atoms with Crippen LogP contribution in [-0.4, -0.2) is 33.8 Å². The molecule has 0 unspecified atom stereocenters. The van der Waals surface area contributed by atoms with Crippen molar-refractivity contribution >= 4 is 51.4 Å². The number of thiophene rings is 1. The van der Waals surface area contributed by atoms with Crippen molar-refractivity contribution < 1.29 is 9.59 Å². The molecule has 0 aliphatic rings. The lowest BCUT2D eigenvalue weighted by Crippen LogP contribution is -2.45. The van der Waals surface area contributed by atoms with Crippen molar-refractivity contribution in [1.82, 2.24) is 15.5 Å². The molecule has 2 amide bonds. The fourth-order valence-electron chi connectivity index (χ4n) is 2.33. The third-order valence-electron chi connectivity index (χ3n) is 3.55. The van der Waals surface area contributed by atoms with E-state index in [0.29, 0.717) is 16.4 Å². The Bertz CT molecular complexity index is 881. The first-order valence-corrected chi connectivity index (χ1v) is 11.0. The van der Waals surface area contributed by atoms with Gasteiger partial charge in [0.05, 0.1) is 4.88 Å². The van der Waals surface area contributed by atoms with E-state index in [4.69, 9.17) is 0 Å². The van der Waals surface area contributed by atoms with E-state index in [1.807, 2.05) is 42.6 Å². The molecule has 140 valence electrons. The number of nitrogens with one attached hydrogen (secondary N) is 2. The first-order valence-electron chi connectivity index (χ1n) is 8.31. The monoisotopic (exact) mass is 418 g/mol. The molecule has 6 nitrogen and oxygen atoms in total. The molecule has 0 fully saturated rings. The number of hydrogen-bond donors (Lipinski definition) is 2. The highest BCUT2D eigenvalue weighted by Gasteiger charge is 2.23. The maximum absolute atomic E-state index is 12.8. The van der Waals surface area contributed by atoms with E-state index in [2.05, 4.69) is 20.8 Å². The number of hydrogen-bond acceptors (Lipinski definition) is 7. The summed E-state index contributed by atoms with van der Waals surface area (Å²) in [6.07, 6.45) is 0.388. The minimum absolute atomic E-state index is 0.263. The minimum atomic E-state index is -0.715. The summed E-state index contributed by atoms with van der Waals surface area (Å²) < 4.78 is 0.801. The van der Waals surface area contributed by atoms with E-state index < -0.39 is 6.04 Å². The van der Waals surface area contributed by atoms with Gasteiger partial charge in [-0.15, -0.1) is 21.5 Å². The highest BCUT2D eigenvalue weighted by atomic mass is 32.2. The highest BCUT2D eigenvalue weighted by Crippen LogP contribution is 2.25. The molecule has 3 aromatic rings. The molecular formula is C18H18N4O2S3. The molecule has 9 heteroatoms. The third kappa shape index (κ3) is 5.62. The standard InChI is InChI=1S/C18H18N4O2S3/c1-2-25-18-22-21-17(27-18)20-15(23)13(11-12-7-4-3-5-8-12)19-16(24)14-9-6-10-26-14/h3-10,13H,2,11H2,1H3,(H,19,24)(H,20,21,23)/t13-/m1/s1. The van der Waals surface area contributed by atoms with Crippen LogP contribution in [0.1, 0.15) is 22.2 Å². The Morgan fingerprint density at radius 2 is 1.96 bits per heavy atom. The Labute approximate surface area is 169 Å². The molecule has 1 atom stereocenters. The van der Waals surface area contributed by atoms with Gasteiger partial charge < -0.3 is 5.32 Å². The van der Waals surface area contributed by atoms with Gasteiger partial charge in [0.2, 0.25) is 11.0 Å². The zero-order valence-electron chi connectivity index (χ0n) is 14.5. The second kappa shape index (κ2) is 9.63. The fraction of sp³-hybridized carbons (Fsp3) is 0.222. The van der Waals surface area contributed by atoms with Crippen LogP contribution in [0.5, 0.6) is 0 Å². The predicted molar refractivity (Wildman–Crippen MR) is 111 cm³/mol. The van der Waals surface area contributed by atoms with Crippen LogP contribution in [0.3, 0.4) is 0 Å². The summed E-state index contributed by atoms with van der Waals surface area (Å²) in [7, 11) is 0. The fourth-order valence-corrected chi connectivity index (χ4v) is 4.61. The molecule has 0 spiro atoms. The van der Waals surface area contributed by atoms with Crippen molar-refractivity contribution in [2.45, 2.75) is 23.7 Å². The first-order chi connectivity index (χ1) is 13.2. The molecule has 2 N–H and O–H groups in total. The molecule has 2 heterocycles. The maximum atomic E-state index is 12.8. The minimum Gasteiger partial charge on any atom is -0.339 e. The second-order valence-electron chi connectivity index (χ2n) is 5.49. The van der Waals surface area contributed by atoms with Crippen molar-refractivity contribution in [2.24, 2.45) is 0 Å². The third-order valence-corrected chi connectivity index (χ3v) is 6.28. The molecule has 0 aliphatic heterocycles. The lowest BCUT2D eigenvalue weighted by molar-refractivity contribution is -0.118. The Morgan fingerprint density at radius 1 is 1.15 bits per heavy atom. The smallest absolute Gasteiger partial charge is 0.262 e. The Morgan fingerprint density at radius 3 is 2.67 bits per heavy atom. The molecule has 0 bridgehead atoms. The van der Waals surface area contributed by atoms with Crippen LogP contribution < -0.4 is 10.6 Å². The van der Waals surface area contributed by atoms with Gasteiger partial charge in [0.15, 0.2) is 4.34 Å². The van der Waals surface area contributed by atoms with Crippen LogP contribution in [0, 0.1) is 0 Å². The SMILES string of the molecule is CCSc1nnc(NC(=O)[C@@H](Cc2ccccc2)NC(=O)c2cccs2)s1. The molecule has 0 radical (unpaired) electrons. The van der Waals surface area contributed by atoms with Gasteiger partial charge in [-0.2, -0.15) is 0 Å². The Kier molecular flexibility index (Phi) is 6.97. The largest absolute Gasteiger partial charge is 0.339 e. The van der Waals surface area contributed by atoms with Gasteiger partial charge >= 0.3 is 0 Å². The number of thioether (sulfide) groups is 1. The average Bonchev–Trinajstić information content (AvgIpc) is 3.34. The molecule has 0 aliphatic carbocycles. The van der Waals surface area contributed by atoms with Crippen LogP contribution in [0.4, 0.5) is 5.13 Å². The quantitative estimate of drug-likeness (QED) is 0.431. The van der Waals surface area contributed by atoms with E-state index in [1.165, 1.54) is 22.7 Å². The Hall–Kier alpha value is -2.23. The van der Waals surface area contributed by atoms with Crippen LogP contribution in [0.15, 0.2) is 52.2 Å². The van der Waals surface area contributed by atoms with E-state index in [-0.39, 0.29) is 11.8 Å². The molecule has 27 heavy (non-hydrogen) atoms. The molecular weight excluding hydrogens is 400 g/mol. The van der Waals surface area contributed by atoms with E-state index in [9.17, 15) is 9.59 Å². The van der Waals surface area contributed by atoms with Gasteiger partial charge in [-0.05, 0) is 22.8 Å². The topological polar surface area (TPSA) is 84.0 Å². The molecule has 0 saturated carbocycles. The first kappa shape index (κ1) is 19.5. The number of carbonyl (C=O) groups excluding carboxylic acids is 2. The molecule has 1 aromatic carbocycles. The zero-order valence-corrected chi connectivity index (χ0v) is 17.0. The van der Waals surface area contributed by atoms with Crippen molar-refractivity contribution in [3.8, 4) is 0 Å². The summed E-state index contributed by atoms with van der Waals surface area (Å²) in [6, 6.07) is 12.4. The van der Waals surface area contributed by atoms with Gasteiger partial charge in [0.1, 0.15) is 6.04 Å². The van der Waals surface area contributed by atoms with Crippen molar-refractivity contribution in [1.29, 1.82) is 0 Å². The molecule has 0 saturated heterocycles. The van der Waals surface area contributed by atoms with Crippen molar-refractivity contribution in [3.63, 3.8) is 0 Å². The summed E-state index contributed by atoms with van der Waals surface area (Å²) in [5.41, 5.74) is 0.962. The number of nitrogens with zero attached hydrogens (tertiary/aromatic N) is 2. The van der Waals surface area contributed by atoms with Gasteiger partial charge in [0.25, 0.3) is 5.91 Å².